The quantitative estimate of drug-likeness (QED) is 0.333. The molecule has 1 aromatic carbocycles. The normalized spacial score (nSPS) is 24.0. The summed E-state index contributed by atoms with van der Waals surface area (Å²) in [4.78, 5) is 16.9. The molecule has 0 aliphatic heterocycles. The van der Waals surface area contributed by atoms with Crippen LogP contribution >= 0.6 is 22.7 Å². The van der Waals surface area contributed by atoms with Crippen molar-refractivity contribution >= 4 is 28.6 Å². The first-order chi connectivity index (χ1) is 16.1. The Bertz CT molecular complexity index is 1000. The minimum absolute atomic E-state index is 0.114. The summed E-state index contributed by atoms with van der Waals surface area (Å²) in [5.74, 6) is 1.06. The molecule has 33 heavy (non-hydrogen) atoms. The number of hydrogen-bond donors (Lipinski definition) is 1. The van der Waals surface area contributed by atoms with Crippen LogP contribution in [0.25, 0.3) is 0 Å². The number of esters is 1. The first-order valence-corrected chi connectivity index (χ1v) is 13.2. The zero-order valence-electron chi connectivity index (χ0n) is 18.6. The molecule has 3 unspecified atom stereocenters. The summed E-state index contributed by atoms with van der Waals surface area (Å²) in [6.45, 7) is 1.62. The van der Waals surface area contributed by atoms with Gasteiger partial charge in [-0.25, -0.2) is 4.79 Å². The van der Waals surface area contributed by atoms with E-state index in [1.807, 2.05) is 53.2 Å². The van der Waals surface area contributed by atoms with Gasteiger partial charge in [-0.15, -0.1) is 22.7 Å². The maximum Gasteiger partial charge on any atom is 0.349 e. The van der Waals surface area contributed by atoms with E-state index < -0.39 is 11.6 Å². The Hall–Kier alpha value is -2.19. The van der Waals surface area contributed by atoms with E-state index in [1.165, 1.54) is 22.7 Å². The molecule has 174 valence electrons. The third-order valence-corrected chi connectivity index (χ3v) is 8.98. The van der Waals surface area contributed by atoms with Crippen molar-refractivity contribution in [1.82, 2.24) is 4.90 Å². The Morgan fingerprint density at radius 2 is 1.76 bits per heavy atom. The summed E-state index contributed by atoms with van der Waals surface area (Å²) in [6, 6.07) is 17.6. The molecule has 3 aliphatic carbocycles. The van der Waals surface area contributed by atoms with Crippen molar-refractivity contribution in [3.8, 4) is 5.75 Å². The molecule has 2 aromatic heterocycles. The van der Waals surface area contributed by atoms with Gasteiger partial charge in [0.1, 0.15) is 11.9 Å². The summed E-state index contributed by atoms with van der Waals surface area (Å²) in [5.41, 5.74) is -1.73. The van der Waals surface area contributed by atoms with Crippen LogP contribution < -0.4 is 4.74 Å². The molecule has 3 aliphatic rings. The number of nitrogens with zero attached hydrogens (tertiary/aromatic N) is 1. The molecular formula is C26H29NO4S2. The fraction of sp³-hybridized carbons (Fsp3) is 0.423. The number of ether oxygens (including phenoxy) is 2. The van der Waals surface area contributed by atoms with Gasteiger partial charge in [-0.3, -0.25) is 0 Å². The number of rotatable bonds is 10. The monoisotopic (exact) mass is 483 g/mol. The van der Waals surface area contributed by atoms with Gasteiger partial charge in [0.2, 0.25) is 5.60 Å². The van der Waals surface area contributed by atoms with Crippen molar-refractivity contribution in [3.05, 3.63) is 75.1 Å². The molecule has 3 saturated carbocycles. The summed E-state index contributed by atoms with van der Waals surface area (Å²) in [5, 5.41) is 15.2. The molecule has 0 spiro atoms. The van der Waals surface area contributed by atoms with Crippen molar-refractivity contribution in [2.45, 2.75) is 37.0 Å². The van der Waals surface area contributed by atoms with Crippen LogP contribution in [-0.2, 0) is 15.1 Å². The highest BCUT2D eigenvalue weighted by atomic mass is 32.1. The second kappa shape index (κ2) is 9.58. The van der Waals surface area contributed by atoms with Crippen LogP contribution in [0.5, 0.6) is 5.75 Å². The van der Waals surface area contributed by atoms with Crippen LogP contribution in [0, 0.1) is 11.8 Å². The average Bonchev–Trinajstić information content (AvgIpc) is 3.63. The SMILES string of the molecule is CN(CCCOc1ccccc1)C1CC2CC1[C@H]2OC(=O)C(O)(c1cccs1)c1cccs1. The van der Waals surface area contributed by atoms with E-state index in [4.69, 9.17) is 9.47 Å². The highest BCUT2D eigenvalue weighted by Gasteiger charge is 2.58. The van der Waals surface area contributed by atoms with E-state index >= 15 is 0 Å². The number of thiophene rings is 2. The smallest absolute Gasteiger partial charge is 0.349 e. The van der Waals surface area contributed by atoms with Crippen molar-refractivity contribution in [1.29, 1.82) is 0 Å². The molecule has 2 heterocycles. The molecular weight excluding hydrogens is 454 g/mol. The third kappa shape index (κ3) is 4.35. The number of benzene rings is 1. The second-order valence-electron chi connectivity index (χ2n) is 8.99. The topological polar surface area (TPSA) is 59.0 Å². The largest absolute Gasteiger partial charge is 0.494 e. The Labute approximate surface area is 202 Å². The Kier molecular flexibility index (Phi) is 6.56. The van der Waals surface area contributed by atoms with Gasteiger partial charge in [-0.05, 0) is 67.3 Å². The number of para-hydroxylation sites is 1. The third-order valence-electron chi connectivity index (χ3n) is 7.03. The fourth-order valence-corrected chi connectivity index (χ4v) is 6.95. The number of carbonyl (C=O) groups is 1. The van der Waals surface area contributed by atoms with Crippen molar-refractivity contribution < 1.29 is 19.4 Å². The van der Waals surface area contributed by atoms with Crippen molar-refractivity contribution in [3.63, 3.8) is 0 Å². The minimum Gasteiger partial charge on any atom is -0.494 e. The van der Waals surface area contributed by atoms with Gasteiger partial charge in [0.15, 0.2) is 0 Å². The number of hydrogen-bond acceptors (Lipinski definition) is 7. The Morgan fingerprint density at radius 1 is 1.06 bits per heavy atom. The summed E-state index contributed by atoms with van der Waals surface area (Å²) in [6.07, 6.45) is 2.95. The second-order valence-corrected chi connectivity index (χ2v) is 10.9. The van der Waals surface area contributed by atoms with Gasteiger partial charge in [0.25, 0.3) is 0 Å². The number of aliphatic hydroxyl groups is 1. The predicted molar refractivity (Wildman–Crippen MR) is 131 cm³/mol. The lowest BCUT2D eigenvalue weighted by atomic mass is 9.79. The molecule has 0 saturated heterocycles. The first-order valence-electron chi connectivity index (χ1n) is 11.5. The molecule has 2 bridgehead atoms. The van der Waals surface area contributed by atoms with Crippen LogP contribution in [0.2, 0.25) is 0 Å². The Morgan fingerprint density at radius 3 is 2.39 bits per heavy atom. The van der Waals surface area contributed by atoms with Gasteiger partial charge in [0, 0.05) is 18.5 Å². The number of fused-ring (bicyclic) bond motifs is 1. The zero-order valence-corrected chi connectivity index (χ0v) is 20.3. The zero-order chi connectivity index (χ0) is 22.8. The summed E-state index contributed by atoms with van der Waals surface area (Å²) in [7, 11) is 2.15. The van der Waals surface area contributed by atoms with Crippen molar-refractivity contribution in [2.75, 3.05) is 20.2 Å². The van der Waals surface area contributed by atoms with Gasteiger partial charge in [0.05, 0.1) is 16.4 Å². The lowest BCUT2D eigenvalue weighted by Crippen LogP contribution is -2.48. The first kappa shape index (κ1) is 22.6. The molecule has 3 aromatic rings. The molecule has 1 N–H and O–H groups in total. The van der Waals surface area contributed by atoms with E-state index in [0.717, 1.165) is 31.6 Å². The van der Waals surface area contributed by atoms with Crippen LogP contribution in [0.15, 0.2) is 65.4 Å². The van der Waals surface area contributed by atoms with Crippen LogP contribution in [0.1, 0.15) is 29.0 Å². The highest BCUT2D eigenvalue weighted by molar-refractivity contribution is 7.12. The molecule has 0 radical (unpaired) electrons. The predicted octanol–water partition coefficient (Wildman–Crippen LogP) is 4.77. The molecule has 7 heteroatoms. The van der Waals surface area contributed by atoms with E-state index in [0.29, 0.717) is 34.2 Å². The molecule has 5 nitrogen and oxygen atoms in total. The Balaban J connectivity index is 1.17. The summed E-state index contributed by atoms with van der Waals surface area (Å²) >= 11 is 2.75. The number of carbonyl (C=O) groups excluding carboxylic acids is 1. The van der Waals surface area contributed by atoms with Gasteiger partial charge in [-0.2, -0.15) is 0 Å². The van der Waals surface area contributed by atoms with E-state index in [-0.39, 0.29) is 6.10 Å². The van der Waals surface area contributed by atoms with Crippen molar-refractivity contribution in [2.24, 2.45) is 11.8 Å². The molecule has 6 rings (SSSR count). The minimum atomic E-state index is -1.73. The lowest BCUT2D eigenvalue weighted by molar-refractivity contribution is -0.178. The molecule has 4 atom stereocenters. The lowest BCUT2D eigenvalue weighted by Gasteiger charge is -2.39. The molecule has 3 fully saturated rings. The highest BCUT2D eigenvalue weighted by Crippen LogP contribution is 2.53. The van der Waals surface area contributed by atoms with Gasteiger partial charge < -0.3 is 19.5 Å². The van der Waals surface area contributed by atoms with E-state index in [9.17, 15) is 9.90 Å². The van der Waals surface area contributed by atoms with E-state index in [2.05, 4.69) is 11.9 Å². The average molecular weight is 484 g/mol. The van der Waals surface area contributed by atoms with Crippen LogP contribution in [-0.4, -0.2) is 48.3 Å². The van der Waals surface area contributed by atoms with Gasteiger partial charge >= 0.3 is 5.97 Å². The maximum atomic E-state index is 13.3. The standard InChI is InChI=1S/C26H29NO4S2/c1-27(12-7-13-30-19-8-3-2-4-9-19)21-17-18-16-20(21)24(18)31-25(28)26(29,22-10-5-14-32-22)23-11-6-15-33-23/h2-6,8-11,14-15,18,20-21,24,29H,7,12-13,16-17H2,1H3/t18?,20?,21?,24-/m0/s1. The summed E-state index contributed by atoms with van der Waals surface area (Å²) < 4.78 is 11.8. The van der Waals surface area contributed by atoms with Crippen LogP contribution in [0.3, 0.4) is 0 Å². The van der Waals surface area contributed by atoms with Gasteiger partial charge in [-0.1, -0.05) is 30.3 Å². The fourth-order valence-electron chi connectivity index (χ4n) is 5.24. The maximum absolute atomic E-state index is 13.3. The molecule has 0 amide bonds. The van der Waals surface area contributed by atoms with Crippen LogP contribution in [0.4, 0.5) is 0 Å². The van der Waals surface area contributed by atoms with E-state index in [1.54, 1.807) is 12.1 Å².